The second-order valence-corrected chi connectivity index (χ2v) is 3.65. The van der Waals surface area contributed by atoms with Gasteiger partial charge in [0.2, 0.25) is 11.7 Å². The van der Waals surface area contributed by atoms with E-state index in [2.05, 4.69) is 10.3 Å². The molecule has 0 fully saturated rings. The number of aryl methyl sites for hydroxylation is 1. The molecule has 1 aromatic carbocycles. The molecule has 88 valence electrons. The number of hydrogen-bond acceptors (Lipinski definition) is 4. The number of benzene rings is 1. The molecule has 0 saturated heterocycles. The third-order valence-electron chi connectivity index (χ3n) is 2.23. The zero-order chi connectivity index (χ0) is 12.3. The van der Waals surface area contributed by atoms with Crippen LogP contribution in [0.25, 0.3) is 0 Å². The lowest BCUT2D eigenvalue weighted by Gasteiger charge is -2.03. The van der Waals surface area contributed by atoms with Gasteiger partial charge in [-0.25, -0.2) is 4.98 Å². The summed E-state index contributed by atoms with van der Waals surface area (Å²) < 4.78 is 5.15. The van der Waals surface area contributed by atoms with Crippen LogP contribution in [0, 0.1) is 6.92 Å². The van der Waals surface area contributed by atoms with Crippen LogP contribution in [0.3, 0.4) is 0 Å². The highest BCUT2D eigenvalue weighted by atomic mass is 16.4. The summed E-state index contributed by atoms with van der Waals surface area (Å²) in [6, 6.07) is 7.51. The van der Waals surface area contributed by atoms with Crippen LogP contribution >= 0.6 is 0 Å². The predicted molar refractivity (Wildman–Crippen MR) is 63.5 cm³/mol. The monoisotopic (exact) mass is 231 g/mol. The summed E-state index contributed by atoms with van der Waals surface area (Å²) in [6.45, 7) is 2.13. The van der Waals surface area contributed by atoms with E-state index in [0.29, 0.717) is 5.89 Å². The summed E-state index contributed by atoms with van der Waals surface area (Å²) in [4.78, 5) is 15.6. The van der Waals surface area contributed by atoms with E-state index in [1.807, 2.05) is 31.2 Å². The van der Waals surface area contributed by atoms with Crippen molar-refractivity contribution in [3.05, 3.63) is 47.7 Å². The third kappa shape index (κ3) is 2.70. The summed E-state index contributed by atoms with van der Waals surface area (Å²) in [6.07, 6.45) is 1.37. The first-order valence-electron chi connectivity index (χ1n) is 5.22. The fraction of sp³-hybridized carbons (Fsp3) is 0.167. The molecule has 5 nitrogen and oxygen atoms in total. The van der Waals surface area contributed by atoms with E-state index >= 15 is 0 Å². The summed E-state index contributed by atoms with van der Waals surface area (Å²) >= 11 is 0. The second-order valence-electron chi connectivity index (χ2n) is 3.65. The van der Waals surface area contributed by atoms with Gasteiger partial charge in [-0.2, -0.15) is 0 Å². The third-order valence-corrected chi connectivity index (χ3v) is 2.23. The van der Waals surface area contributed by atoms with Gasteiger partial charge < -0.3 is 15.5 Å². The molecular formula is C12H13N3O2. The van der Waals surface area contributed by atoms with Gasteiger partial charge in [-0.1, -0.05) is 12.1 Å². The SMILES string of the molecule is Cc1cccc(NC(=O)c2cnc(CN)o2)c1. The van der Waals surface area contributed by atoms with Gasteiger partial charge in [0.05, 0.1) is 12.7 Å². The van der Waals surface area contributed by atoms with Crippen molar-refractivity contribution in [1.29, 1.82) is 0 Å². The lowest BCUT2D eigenvalue weighted by atomic mass is 10.2. The summed E-state index contributed by atoms with van der Waals surface area (Å²) in [5.41, 5.74) is 7.14. The van der Waals surface area contributed by atoms with Crippen LogP contribution in [0.2, 0.25) is 0 Å². The molecule has 0 unspecified atom stereocenters. The Morgan fingerprint density at radius 2 is 2.35 bits per heavy atom. The molecule has 0 spiro atoms. The van der Waals surface area contributed by atoms with Crippen LogP contribution in [-0.2, 0) is 6.54 Å². The van der Waals surface area contributed by atoms with Crippen LogP contribution < -0.4 is 11.1 Å². The molecule has 0 atom stereocenters. The van der Waals surface area contributed by atoms with Gasteiger partial charge in [0, 0.05) is 5.69 Å². The minimum Gasteiger partial charge on any atom is -0.434 e. The van der Waals surface area contributed by atoms with Crippen LogP contribution in [-0.4, -0.2) is 10.9 Å². The number of carbonyl (C=O) groups is 1. The lowest BCUT2D eigenvalue weighted by molar-refractivity contribution is 0.0995. The van der Waals surface area contributed by atoms with Crippen molar-refractivity contribution in [2.24, 2.45) is 5.73 Å². The van der Waals surface area contributed by atoms with Crippen molar-refractivity contribution in [2.75, 3.05) is 5.32 Å². The zero-order valence-electron chi connectivity index (χ0n) is 9.43. The normalized spacial score (nSPS) is 10.2. The van der Waals surface area contributed by atoms with Crippen molar-refractivity contribution >= 4 is 11.6 Å². The summed E-state index contributed by atoms with van der Waals surface area (Å²) in [7, 11) is 0. The lowest BCUT2D eigenvalue weighted by Crippen LogP contribution is -2.10. The first-order chi connectivity index (χ1) is 8.19. The van der Waals surface area contributed by atoms with E-state index in [1.54, 1.807) is 0 Å². The Balaban J connectivity index is 2.11. The Hall–Kier alpha value is -2.14. The van der Waals surface area contributed by atoms with Gasteiger partial charge in [-0.15, -0.1) is 0 Å². The van der Waals surface area contributed by atoms with Gasteiger partial charge in [-0.05, 0) is 24.6 Å². The van der Waals surface area contributed by atoms with Gasteiger partial charge >= 0.3 is 0 Å². The number of oxazole rings is 1. The number of hydrogen-bond donors (Lipinski definition) is 2. The molecule has 2 rings (SSSR count). The number of aromatic nitrogens is 1. The number of nitrogens with one attached hydrogen (secondary N) is 1. The standard InChI is InChI=1S/C12H13N3O2/c1-8-3-2-4-9(5-8)15-12(16)10-7-14-11(6-13)17-10/h2-5,7H,6,13H2,1H3,(H,15,16). The number of rotatable bonds is 3. The highest BCUT2D eigenvalue weighted by molar-refractivity contribution is 6.02. The summed E-state index contributed by atoms with van der Waals surface area (Å²) in [5.74, 6) is 0.175. The first-order valence-corrected chi connectivity index (χ1v) is 5.22. The maximum atomic E-state index is 11.8. The molecule has 0 bridgehead atoms. The van der Waals surface area contributed by atoms with Crippen molar-refractivity contribution in [2.45, 2.75) is 13.5 Å². The Morgan fingerprint density at radius 3 is 3.00 bits per heavy atom. The molecule has 1 heterocycles. The Labute approximate surface area is 98.6 Å². The van der Waals surface area contributed by atoms with Crippen molar-refractivity contribution in [1.82, 2.24) is 4.98 Å². The van der Waals surface area contributed by atoms with Crippen molar-refractivity contribution in [3.63, 3.8) is 0 Å². The number of anilines is 1. The Bertz CT molecular complexity index is 534. The van der Waals surface area contributed by atoms with Crippen LogP contribution in [0.5, 0.6) is 0 Å². The molecule has 17 heavy (non-hydrogen) atoms. The van der Waals surface area contributed by atoms with Crippen molar-refractivity contribution < 1.29 is 9.21 Å². The maximum Gasteiger partial charge on any atom is 0.293 e. The van der Waals surface area contributed by atoms with Crippen LogP contribution in [0.4, 0.5) is 5.69 Å². The molecule has 0 aliphatic rings. The number of amides is 1. The highest BCUT2D eigenvalue weighted by Gasteiger charge is 2.11. The fourth-order valence-corrected chi connectivity index (χ4v) is 1.43. The van der Waals surface area contributed by atoms with E-state index < -0.39 is 0 Å². The first kappa shape index (κ1) is 11.3. The van der Waals surface area contributed by atoms with E-state index in [4.69, 9.17) is 10.2 Å². The van der Waals surface area contributed by atoms with E-state index in [1.165, 1.54) is 6.20 Å². The average molecular weight is 231 g/mol. The Kier molecular flexibility index (Phi) is 3.20. The van der Waals surface area contributed by atoms with Crippen molar-refractivity contribution in [3.8, 4) is 0 Å². The largest absolute Gasteiger partial charge is 0.434 e. The minimum absolute atomic E-state index is 0.159. The van der Waals surface area contributed by atoms with Gasteiger partial charge in [-0.3, -0.25) is 4.79 Å². The van der Waals surface area contributed by atoms with Crippen LogP contribution in [0.15, 0.2) is 34.9 Å². The molecule has 5 heteroatoms. The molecule has 0 aliphatic heterocycles. The van der Waals surface area contributed by atoms with Crippen LogP contribution in [0.1, 0.15) is 22.0 Å². The van der Waals surface area contributed by atoms with Gasteiger partial charge in [0.1, 0.15) is 0 Å². The molecule has 0 radical (unpaired) electrons. The topological polar surface area (TPSA) is 81.2 Å². The Morgan fingerprint density at radius 1 is 1.53 bits per heavy atom. The van der Waals surface area contributed by atoms with E-state index in [-0.39, 0.29) is 18.2 Å². The summed E-state index contributed by atoms with van der Waals surface area (Å²) in [5, 5.41) is 2.72. The molecule has 0 saturated carbocycles. The highest BCUT2D eigenvalue weighted by Crippen LogP contribution is 2.12. The molecule has 0 aliphatic carbocycles. The minimum atomic E-state index is -0.331. The smallest absolute Gasteiger partial charge is 0.293 e. The van der Waals surface area contributed by atoms with Gasteiger partial charge in [0.15, 0.2) is 0 Å². The number of carbonyl (C=O) groups excluding carboxylic acids is 1. The van der Waals surface area contributed by atoms with E-state index in [0.717, 1.165) is 11.3 Å². The molecule has 3 N–H and O–H groups in total. The molecular weight excluding hydrogens is 218 g/mol. The molecule has 2 aromatic rings. The maximum absolute atomic E-state index is 11.8. The number of nitrogens with two attached hydrogens (primary N) is 1. The zero-order valence-corrected chi connectivity index (χ0v) is 9.43. The number of nitrogens with zero attached hydrogens (tertiary/aromatic N) is 1. The average Bonchev–Trinajstić information content (AvgIpc) is 2.77. The second kappa shape index (κ2) is 4.80. The van der Waals surface area contributed by atoms with E-state index in [9.17, 15) is 4.79 Å². The predicted octanol–water partition coefficient (Wildman–Crippen LogP) is 1.69. The quantitative estimate of drug-likeness (QED) is 0.842. The fourth-order valence-electron chi connectivity index (χ4n) is 1.43. The van der Waals surface area contributed by atoms with Gasteiger partial charge in [0.25, 0.3) is 5.91 Å². The molecule has 1 amide bonds. The molecule has 1 aromatic heterocycles.